The second-order valence-corrected chi connectivity index (χ2v) is 4.86. The fraction of sp³-hybridized carbons (Fsp3) is 0.385. The highest BCUT2D eigenvalue weighted by molar-refractivity contribution is 5.44. The molecule has 0 bridgehead atoms. The molecule has 0 aromatic carbocycles. The lowest BCUT2D eigenvalue weighted by Gasteiger charge is -2.00. The SMILES string of the molecule is Cc1cc(C)n(CCc2nnc(-c3ccn(C(F)F)n3)o2)n1. The van der Waals surface area contributed by atoms with Crippen LogP contribution in [0.5, 0.6) is 0 Å². The van der Waals surface area contributed by atoms with Crippen LogP contribution in [0.15, 0.2) is 22.7 Å². The second-order valence-electron chi connectivity index (χ2n) is 4.86. The molecule has 22 heavy (non-hydrogen) atoms. The van der Waals surface area contributed by atoms with Crippen molar-refractivity contribution in [1.29, 1.82) is 0 Å². The Labute approximate surface area is 124 Å². The third-order valence-corrected chi connectivity index (χ3v) is 3.14. The summed E-state index contributed by atoms with van der Waals surface area (Å²) in [6.07, 6.45) is 1.67. The lowest BCUT2D eigenvalue weighted by Crippen LogP contribution is -2.05. The fourth-order valence-corrected chi connectivity index (χ4v) is 2.12. The lowest BCUT2D eigenvalue weighted by molar-refractivity contribution is 0.0568. The Hall–Kier alpha value is -2.58. The minimum Gasteiger partial charge on any atom is -0.419 e. The van der Waals surface area contributed by atoms with Crippen molar-refractivity contribution in [3.05, 3.63) is 35.6 Å². The minimum atomic E-state index is -2.69. The molecule has 3 aromatic heterocycles. The zero-order valence-corrected chi connectivity index (χ0v) is 12.1. The van der Waals surface area contributed by atoms with Gasteiger partial charge in [0.2, 0.25) is 5.89 Å². The van der Waals surface area contributed by atoms with Gasteiger partial charge in [0.05, 0.1) is 5.69 Å². The van der Waals surface area contributed by atoms with E-state index in [1.165, 1.54) is 12.3 Å². The summed E-state index contributed by atoms with van der Waals surface area (Å²) in [5.74, 6) is 0.539. The predicted molar refractivity (Wildman–Crippen MR) is 72.2 cm³/mol. The van der Waals surface area contributed by atoms with Crippen LogP contribution in [0.4, 0.5) is 8.78 Å². The maximum atomic E-state index is 12.5. The Morgan fingerprint density at radius 1 is 1.23 bits per heavy atom. The summed E-state index contributed by atoms with van der Waals surface area (Å²) >= 11 is 0. The third kappa shape index (κ3) is 2.87. The van der Waals surface area contributed by atoms with E-state index in [0.717, 1.165) is 11.4 Å². The molecule has 0 aliphatic carbocycles. The Morgan fingerprint density at radius 2 is 2.05 bits per heavy atom. The van der Waals surface area contributed by atoms with Gasteiger partial charge in [0.15, 0.2) is 0 Å². The van der Waals surface area contributed by atoms with Crippen molar-refractivity contribution in [2.45, 2.75) is 33.4 Å². The predicted octanol–water partition coefficient (Wildman–Crippen LogP) is 2.38. The van der Waals surface area contributed by atoms with Crippen molar-refractivity contribution in [3.8, 4) is 11.6 Å². The Bertz CT molecular complexity index is 775. The number of alkyl halides is 2. The highest BCUT2D eigenvalue weighted by Crippen LogP contribution is 2.18. The summed E-state index contributed by atoms with van der Waals surface area (Å²) in [5, 5.41) is 15.8. The molecule has 7 nitrogen and oxygen atoms in total. The molecule has 0 saturated carbocycles. The highest BCUT2D eigenvalue weighted by Gasteiger charge is 2.14. The van der Waals surface area contributed by atoms with Crippen molar-refractivity contribution in [1.82, 2.24) is 29.8 Å². The van der Waals surface area contributed by atoms with E-state index in [-0.39, 0.29) is 11.6 Å². The van der Waals surface area contributed by atoms with Gasteiger partial charge in [0.1, 0.15) is 5.69 Å². The lowest BCUT2D eigenvalue weighted by atomic mass is 10.4. The Morgan fingerprint density at radius 3 is 2.68 bits per heavy atom. The van der Waals surface area contributed by atoms with E-state index < -0.39 is 6.55 Å². The first kappa shape index (κ1) is 14.4. The van der Waals surface area contributed by atoms with Crippen LogP contribution in [0, 0.1) is 13.8 Å². The van der Waals surface area contributed by atoms with E-state index in [1.54, 1.807) is 0 Å². The molecule has 0 radical (unpaired) electrons. The molecule has 0 N–H and O–H groups in total. The second kappa shape index (κ2) is 5.66. The van der Waals surface area contributed by atoms with E-state index in [1.807, 2.05) is 24.6 Å². The van der Waals surface area contributed by atoms with Gasteiger partial charge in [-0.3, -0.25) is 4.68 Å². The molecule has 3 heterocycles. The molecular weight excluding hydrogens is 294 g/mol. The molecule has 9 heteroatoms. The summed E-state index contributed by atoms with van der Waals surface area (Å²) in [5.41, 5.74) is 2.22. The summed E-state index contributed by atoms with van der Waals surface area (Å²) in [4.78, 5) is 0. The first-order valence-electron chi connectivity index (χ1n) is 6.70. The van der Waals surface area contributed by atoms with Gasteiger partial charge in [-0.2, -0.15) is 19.0 Å². The van der Waals surface area contributed by atoms with E-state index in [2.05, 4.69) is 20.4 Å². The molecule has 0 unspecified atom stereocenters. The van der Waals surface area contributed by atoms with Crippen molar-refractivity contribution >= 4 is 0 Å². The number of aromatic nitrogens is 6. The molecular formula is C13H14F2N6O. The smallest absolute Gasteiger partial charge is 0.333 e. The zero-order chi connectivity index (χ0) is 15.7. The van der Waals surface area contributed by atoms with Crippen molar-refractivity contribution < 1.29 is 13.2 Å². The van der Waals surface area contributed by atoms with E-state index >= 15 is 0 Å². The molecule has 3 aromatic rings. The summed E-state index contributed by atoms with van der Waals surface area (Å²) in [6, 6.07) is 3.39. The van der Waals surface area contributed by atoms with Gasteiger partial charge in [-0.25, -0.2) is 4.68 Å². The van der Waals surface area contributed by atoms with Crippen LogP contribution in [-0.2, 0) is 13.0 Å². The zero-order valence-electron chi connectivity index (χ0n) is 12.1. The highest BCUT2D eigenvalue weighted by atomic mass is 19.3. The molecule has 0 spiro atoms. The van der Waals surface area contributed by atoms with Crippen LogP contribution in [0.3, 0.4) is 0 Å². The average Bonchev–Trinajstić information content (AvgIpc) is 3.15. The topological polar surface area (TPSA) is 74.6 Å². The van der Waals surface area contributed by atoms with Crippen molar-refractivity contribution in [2.75, 3.05) is 0 Å². The number of rotatable bonds is 5. The fourth-order valence-electron chi connectivity index (χ4n) is 2.12. The third-order valence-electron chi connectivity index (χ3n) is 3.14. The molecule has 0 fully saturated rings. The monoisotopic (exact) mass is 308 g/mol. The number of hydrogen-bond donors (Lipinski definition) is 0. The maximum absolute atomic E-state index is 12.5. The molecule has 0 amide bonds. The number of aryl methyl sites for hydroxylation is 4. The first-order valence-corrected chi connectivity index (χ1v) is 6.70. The van der Waals surface area contributed by atoms with Crippen LogP contribution in [0.2, 0.25) is 0 Å². The molecule has 3 rings (SSSR count). The van der Waals surface area contributed by atoms with Gasteiger partial charge in [-0.05, 0) is 26.0 Å². The van der Waals surface area contributed by atoms with Crippen molar-refractivity contribution in [3.63, 3.8) is 0 Å². The normalized spacial score (nSPS) is 11.5. The molecule has 0 atom stereocenters. The average molecular weight is 308 g/mol. The standard InChI is InChI=1S/C13H14F2N6O/c1-8-7-9(2)20(18-8)6-4-11-16-17-12(22-11)10-3-5-21(19-10)13(14)15/h3,5,7,13H,4,6H2,1-2H3. The first-order chi connectivity index (χ1) is 10.5. The minimum absolute atomic E-state index is 0.128. The van der Waals surface area contributed by atoms with Gasteiger partial charge >= 0.3 is 6.55 Å². The van der Waals surface area contributed by atoms with Crippen LogP contribution in [0.1, 0.15) is 23.8 Å². The molecule has 0 aliphatic heterocycles. The largest absolute Gasteiger partial charge is 0.419 e. The molecule has 0 aliphatic rings. The number of halogens is 2. The summed E-state index contributed by atoms with van der Waals surface area (Å²) < 4.78 is 32.8. The van der Waals surface area contributed by atoms with Gasteiger partial charge in [0.25, 0.3) is 5.89 Å². The Kier molecular flexibility index (Phi) is 3.70. The van der Waals surface area contributed by atoms with E-state index in [4.69, 9.17) is 4.42 Å². The van der Waals surface area contributed by atoms with Gasteiger partial charge in [-0.15, -0.1) is 10.2 Å². The quantitative estimate of drug-likeness (QED) is 0.723. The molecule has 0 saturated heterocycles. The number of hydrogen-bond acceptors (Lipinski definition) is 5. The van der Waals surface area contributed by atoms with E-state index in [0.29, 0.717) is 23.5 Å². The van der Waals surface area contributed by atoms with Crippen molar-refractivity contribution in [2.24, 2.45) is 0 Å². The summed E-state index contributed by atoms with van der Waals surface area (Å²) in [6.45, 7) is 1.80. The van der Waals surface area contributed by atoms with Gasteiger partial charge in [0, 0.05) is 24.9 Å². The van der Waals surface area contributed by atoms with Gasteiger partial charge in [-0.1, -0.05) is 0 Å². The van der Waals surface area contributed by atoms with Crippen LogP contribution in [-0.4, -0.2) is 29.8 Å². The van der Waals surface area contributed by atoms with Crippen LogP contribution < -0.4 is 0 Å². The van der Waals surface area contributed by atoms with Gasteiger partial charge < -0.3 is 4.42 Å². The van der Waals surface area contributed by atoms with Crippen LogP contribution in [0.25, 0.3) is 11.6 Å². The number of nitrogens with zero attached hydrogens (tertiary/aromatic N) is 6. The Balaban J connectivity index is 1.69. The maximum Gasteiger partial charge on any atom is 0.333 e. The molecule has 116 valence electrons. The summed E-state index contributed by atoms with van der Waals surface area (Å²) in [7, 11) is 0. The van der Waals surface area contributed by atoms with Crippen LogP contribution >= 0.6 is 0 Å². The van der Waals surface area contributed by atoms with E-state index in [9.17, 15) is 8.78 Å².